The number of aromatic nitrogens is 1. The van der Waals surface area contributed by atoms with E-state index < -0.39 is 0 Å². The Hall–Kier alpha value is -2.04. The number of hydrazone groups is 1. The fourth-order valence-electron chi connectivity index (χ4n) is 2.20. The second-order valence-corrected chi connectivity index (χ2v) is 5.97. The molecule has 3 aromatic rings. The first kappa shape index (κ1) is 15.8. The van der Waals surface area contributed by atoms with Gasteiger partial charge < -0.3 is 4.42 Å². The second-order valence-electron chi connectivity index (χ2n) is 5.13. The molecule has 23 heavy (non-hydrogen) atoms. The molecule has 0 aliphatic carbocycles. The Labute approximate surface area is 144 Å². The number of fused-ring (bicyclic) bond motifs is 1. The summed E-state index contributed by atoms with van der Waals surface area (Å²) in [6.07, 6.45) is 2.31. The van der Waals surface area contributed by atoms with Gasteiger partial charge in [0.05, 0.1) is 13.0 Å². The predicted octanol–water partition coefficient (Wildman–Crippen LogP) is 4.79. The zero-order valence-corrected chi connectivity index (χ0v) is 14.1. The van der Waals surface area contributed by atoms with Crippen LogP contribution in [0.1, 0.15) is 11.5 Å². The van der Waals surface area contributed by atoms with E-state index in [2.05, 4.69) is 10.1 Å². The van der Waals surface area contributed by atoms with Crippen LogP contribution in [0.4, 0.5) is 0 Å². The Bertz CT molecular complexity index is 812. The molecule has 0 saturated carbocycles. The maximum absolute atomic E-state index is 6.16. The van der Waals surface area contributed by atoms with Crippen LogP contribution in [0, 0.1) is 0 Å². The lowest BCUT2D eigenvalue weighted by molar-refractivity contribution is 0.348. The van der Waals surface area contributed by atoms with Crippen molar-refractivity contribution in [2.75, 3.05) is 7.05 Å². The first-order chi connectivity index (χ1) is 11.1. The van der Waals surface area contributed by atoms with Gasteiger partial charge in [-0.2, -0.15) is 5.10 Å². The molecule has 1 aromatic heterocycles. The number of benzene rings is 2. The Balaban J connectivity index is 1.60. The largest absolute Gasteiger partial charge is 0.440 e. The first-order valence-electron chi connectivity index (χ1n) is 7.14. The number of nitrogens with zero attached hydrogens (tertiary/aromatic N) is 3. The monoisotopic (exact) mass is 347 g/mol. The third-order valence-electron chi connectivity index (χ3n) is 3.30. The highest BCUT2D eigenvalue weighted by atomic mass is 35.5. The summed E-state index contributed by atoms with van der Waals surface area (Å²) in [5.41, 5.74) is 2.62. The molecule has 118 valence electrons. The molecule has 0 amide bonds. The smallest absolute Gasteiger partial charge is 0.200 e. The van der Waals surface area contributed by atoms with Gasteiger partial charge in [0, 0.05) is 23.3 Å². The Morgan fingerprint density at radius 1 is 1.22 bits per heavy atom. The quantitative estimate of drug-likeness (QED) is 0.491. The van der Waals surface area contributed by atoms with E-state index in [1.807, 2.05) is 43.4 Å². The highest BCUT2D eigenvalue weighted by Gasteiger charge is 2.05. The maximum Gasteiger partial charge on any atom is 0.200 e. The van der Waals surface area contributed by atoms with Crippen molar-refractivity contribution >= 4 is 40.5 Å². The average molecular weight is 348 g/mol. The van der Waals surface area contributed by atoms with Crippen molar-refractivity contribution in [3.05, 3.63) is 64.0 Å². The maximum atomic E-state index is 6.16. The molecule has 0 fully saturated rings. The highest BCUT2D eigenvalue weighted by Crippen LogP contribution is 2.22. The first-order valence-corrected chi connectivity index (χ1v) is 7.89. The number of para-hydroxylation sites is 2. The molecule has 0 unspecified atom stereocenters. The summed E-state index contributed by atoms with van der Waals surface area (Å²) in [6.45, 7) is 0.597. The van der Waals surface area contributed by atoms with Crippen LogP contribution >= 0.6 is 23.2 Å². The Kier molecular flexibility index (Phi) is 4.84. The van der Waals surface area contributed by atoms with Gasteiger partial charge in [0.25, 0.3) is 0 Å². The molecule has 0 saturated heterocycles. The van der Waals surface area contributed by atoms with Crippen LogP contribution in [0.15, 0.2) is 52.0 Å². The van der Waals surface area contributed by atoms with E-state index in [0.29, 0.717) is 28.9 Å². The molecular formula is C17H15Cl2N3O. The molecule has 0 aliphatic heterocycles. The van der Waals surface area contributed by atoms with Crippen molar-refractivity contribution < 1.29 is 4.42 Å². The highest BCUT2D eigenvalue weighted by molar-refractivity contribution is 6.35. The van der Waals surface area contributed by atoms with E-state index in [4.69, 9.17) is 27.6 Å². The minimum Gasteiger partial charge on any atom is -0.440 e. The normalized spacial score (nSPS) is 11.4. The summed E-state index contributed by atoms with van der Waals surface area (Å²) in [5, 5.41) is 7.43. The molecule has 1 heterocycles. The van der Waals surface area contributed by atoms with E-state index >= 15 is 0 Å². The zero-order chi connectivity index (χ0) is 16.2. The lowest BCUT2D eigenvalue weighted by Gasteiger charge is -2.13. The van der Waals surface area contributed by atoms with Crippen LogP contribution in [0.5, 0.6) is 0 Å². The molecule has 0 N–H and O–H groups in total. The molecule has 0 bridgehead atoms. The van der Waals surface area contributed by atoms with Crippen LogP contribution in [-0.4, -0.2) is 23.3 Å². The molecule has 0 spiro atoms. The third kappa shape index (κ3) is 4.03. The van der Waals surface area contributed by atoms with Crippen molar-refractivity contribution in [2.45, 2.75) is 13.0 Å². The molecule has 0 radical (unpaired) electrons. The molecular weight excluding hydrogens is 333 g/mol. The fraction of sp³-hybridized carbons (Fsp3) is 0.176. The molecule has 6 heteroatoms. The van der Waals surface area contributed by atoms with Gasteiger partial charge in [-0.15, -0.1) is 0 Å². The third-order valence-corrected chi connectivity index (χ3v) is 3.88. The van der Waals surface area contributed by atoms with Crippen LogP contribution in [0.2, 0.25) is 10.0 Å². The molecule has 3 rings (SSSR count). The minimum atomic E-state index is 0.535. The van der Waals surface area contributed by atoms with Gasteiger partial charge in [-0.05, 0) is 29.8 Å². The Morgan fingerprint density at radius 3 is 2.83 bits per heavy atom. The standard InChI is InChI=1S/C17H15Cl2N3O/c1-22(11-12-6-7-13(18)10-14(12)19)20-9-8-17-21-15-4-2-3-5-16(15)23-17/h2-7,9-10H,8,11H2,1H3/b20-9-. The SMILES string of the molecule is CN(Cc1ccc(Cl)cc1Cl)/N=C\Cc1nc2ccccc2o1. The summed E-state index contributed by atoms with van der Waals surface area (Å²) < 4.78 is 5.64. The summed E-state index contributed by atoms with van der Waals surface area (Å²) in [5.74, 6) is 0.646. The zero-order valence-electron chi connectivity index (χ0n) is 12.5. The van der Waals surface area contributed by atoms with Gasteiger partial charge in [0.15, 0.2) is 5.58 Å². The van der Waals surface area contributed by atoms with Crippen LogP contribution in [0.25, 0.3) is 11.1 Å². The fourth-order valence-corrected chi connectivity index (χ4v) is 2.67. The van der Waals surface area contributed by atoms with Gasteiger partial charge in [-0.25, -0.2) is 4.98 Å². The van der Waals surface area contributed by atoms with Gasteiger partial charge in [-0.3, -0.25) is 5.01 Å². The van der Waals surface area contributed by atoms with Crippen LogP contribution in [0.3, 0.4) is 0 Å². The van der Waals surface area contributed by atoms with E-state index in [9.17, 15) is 0 Å². The molecule has 2 aromatic carbocycles. The summed E-state index contributed by atoms with van der Waals surface area (Å²) >= 11 is 12.1. The minimum absolute atomic E-state index is 0.535. The Morgan fingerprint density at radius 2 is 2.04 bits per heavy atom. The molecule has 0 aliphatic rings. The summed E-state index contributed by atoms with van der Waals surface area (Å²) in [6, 6.07) is 13.1. The van der Waals surface area contributed by atoms with Crippen molar-refractivity contribution in [3.63, 3.8) is 0 Å². The van der Waals surface area contributed by atoms with Gasteiger partial charge >= 0.3 is 0 Å². The van der Waals surface area contributed by atoms with E-state index in [-0.39, 0.29) is 0 Å². The van der Waals surface area contributed by atoms with Gasteiger partial charge in [0.1, 0.15) is 5.52 Å². The second kappa shape index (κ2) is 7.02. The number of oxazole rings is 1. The topological polar surface area (TPSA) is 41.6 Å². The molecule has 0 atom stereocenters. The number of hydrogen-bond donors (Lipinski definition) is 0. The van der Waals surface area contributed by atoms with Crippen molar-refractivity contribution in [1.82, 2.24) is 9.99 Å². The number of rotatable bonds is 5. The molecule has 4 nitrogen and oxygen atoms in total. The lowest BCUT2D eigenvalue weighted by atomic mass is 10.2. The van der Waals surface area contributed by atoms with Gasteiger partial charge in [0.2, 0.25) is 5.89 Å². The van der Waals surface area contributed by atoms with E-state index in [1.165, 1.54) is 0 Å². The predicted molar refractivity (Wildman–Crippen MR) is 94.1 cm³/mol. The van der Waals surface area contributed by atoms with Crippen LogP contribution in [-0.2, 0) is 13.0 Å². The van der Waals surface area contributed by atoms with Crippen molar-refractivity contribution in [3.8, 4) is 0 Å². The number of hydrogen-bond acceptors (Lipinski definition) is 4. The number of halogens is 2. The van der Waals surface area contributed by atoms with Crippen molar-refractivity contribution in [1.29, 1.82) is 0 Å². The van der Waals surface area contributed by atoms with E-state index in [0.717, 1.165) is 16.7 Å². The lowest BCUT2D eigenvalue weighted by Crippen LogP contribution is -2.11. The van der Waals surface area contributed by atoms with Gasteiger partial charge in [-0.1, -0.05) is 41.4 Å². The van der Waals surface area contributed by atoms with Crippen molar-refractivity contribution in [2.24, 2.45) is 5.10 Å². The van der Waals surface area contributed by atoms with Crippen LogP contribution < -0.4 is 0 Å². The summed E-state index contributed by atoms with van der Waals surface area (Å²) in [4.78, 5) is 4.41. The average Bonchev–Trinajstić information content (AvgIpc) is 2.93. The summed E-state index contributed by atoms with van der Waals surface area (Å²) in [7, 11) is 1.88. The van der Waals surface area contributed by atoms with E-state index in [1.54, 1.807) is 17.3 Å².